The van der Waals surface area contributed by atoms with E-state index in [1.807, 2.05) is 0 Å². The van der Waals surface area contributed by atoms with E-state index in [1.165, 1.54) is 0 Å². The summed E-state index contributed by atoms with van der Waals surface area (Å²) in [6, 6.07) is 0. The highest BCUT2D eigenvalue weighted by atomic mass is 16.1. The fourth-order valence-corrected chi connectivity index (χ4v) is 0.799. The second-order valence-corrected chi connectivity index (χ2v) is 2.20. The van der Waals surface area contributed by atoms with Gasteiger partial charge in [0, 0.05) is 13.0 Å². The van der Waals surface area contributed by atoms with Crippen LogP contribution in [0, 0.1) is 0 Å². The van der Waals surface area contributed by atoms with Gasteiger partial charge in [-0.3, -0.25) is 10.5 Å². The summed E-state index contributed by atoms with van der Waals surface area (Å²) in [7, 11) is 0. The Bertz CT molecular complexity index is 99.8. The fraction of sp³-hybridized carbons (Fsp3) is 0.857. The molecule has 1 radical (unpaired) electrons. The van der Waals surface area contributed by atoms with Crippen molar-refractivity contribution in [2.45, 2.75) is 20.3 Å². The van der Waals surface area contributed by atoms with Crippen LogP contribution in [-0.2, 0) is 4.79 Å². The van der Waals surface area contributed by atoms with Gasteiger partial charge in [0.05, 0.1) is 0 Å². The fourth-order valence-electron chi connectivity index (χ4n) is 0.799. The van der Waals surface area contributed by atoms with Gasteiger partial charge in [-0.25, -0.2) is 0 Å². The van der Waals surface area contributed by atoms with Gasteiger partial charge in [-0.05, 0) is 13.1 Å². The largest absolute Gasteiger partial charge is 0.303 e. The molecule has 0 aromatic rings. The van der Waals surface area contributed by atoms with Crippen LogP contribution in [0.3, 0.4) is 0 Å². The number of carbonyl (C=O) groups excluding carboxylic acids is 1. The van der Waals surface area contributed by atoms with E-state index >= 15 is 0 Å². The number of hydrogen-bond acceptors (Lipinski definition) is 2. The summed E-state index contributed by atoms with van der Waals surface area (Å²) in [4.78, 5) is 12.4. The lowest BCUT2D eigenvalue weighted by Gasteiger charge is -2.15. The van der Waals surface area contributed by atoms with Crippen molar-refractivity contribution < 1.29 is 4.79 Å². The molecule has 59 valence electrons. The Kier molecular flexibility index (Phi) is 4.94. The Morgan fingerprint density at radius 2 is 1.90 bits per heavy atom. The third kappa shape index (κ3) is 4.32. The van der Waals surface area contributed by atoms with Crippen LogP contribution in [0.25, 0.3) is 0 Å². The molecule has 3 nitrogen and oxygen atoms in total. The van der Waals surface area contributed by atoms with Crippen molar-refractivity contribution in [3.8, 4) is 0 Å². The smallest absolute Gasteiger partial charge is 0.239 e. The third-order valence-corrected chi connectivity index (χ3v) is 1.55. The highest BCUT2D eigenvalue weighted by Gasteiger charge is 2.00. The maximum Gasteiger partial charge on any atom is 0.239 e. The lowest BCUT2D eigenvalue weighted by atomic mass is 10.3. The number of carbonyl (C=O) groups is 1. The van der Waals surface area contributed by atoms with Crippen LogP contribution in [0.4, 0.5) is 0 Å². The van der Waals surface area contributed by atoms with Crippen molar-refractivity contribution in [3.63, 3.8) is 0 Å². The first-order valence-electron chi connectivity index (χ1n) is 3.67. The Morgan fingerprint density at radius 1 is 1.40 bits per heavy atom. The topological polar surface area (TPSA) is 44.1 Å². The molecule has 0 heterocycles. The van der Waals surface area contributed by atoms with Crippen LogP contribution in [0.2, 0.25) is 0 Å². The Hall–Kier alpha value is -0.570. The summed E-state index contributed by atoms with van der Waals surface area (Å²) in [5, 5.41) is 0. The van der Waals surface area contributed by atoms with Crippen molar-refractivity contribution in [3.05, 3.63) is 0 Å². The highest BCUT2D eigenvalue weighted by molar-refractivity contribution is 5.73. The summed E-state index contributed by atoms with van der Waals surface area (Å²) >= 11 is 0. The zero-order chi connectivity index (χ0) is 7.98. The molecule has 0 saturated heterocycles. The van der Waals surface area contributed by atoms with Crippen molar-refractivity contribution in [1.29, 1.82) is 0 Å². The average molecular weight is 143 g/mol. The SMILES string of the molecule is CCN(CC)CCC([NH])=O. The zero-order valence-corrected chi connectivity index (χ0v) is 6.68. The minimum atomic E-state index is -0.466. The number of nitrogens with one attached hydrogen (secondary N) is 1. The molecule has 0 spiro atoms. The Balaban J connectivity index is 3.34. The lowest BCUT2D eigenvalue weighted by molar-refractivity contribution is -0.118. The van der Waals surface area contributed by atoms with Crippen LogP contribution < -0.4 is 5.73 Å². The Morgan fingerprint density at radius 3 is 2.20 bits per heavy atom. The second-order valence-electron chi connectivity index (χ2n) is 2.20. The molecule has 0 aromatic heterocycles. The number of rotatable bonds is 5. The summed E-state index contributed by atoms with van der Waals surface area (Å²) in [5.41, 5.74) is 6.66. The molecule has 1 amide bonds. The maximum absolute atomic E-state index is 10.2. The van der Waals surface area contributed by atoms with Gasteiger partial charge in [-0.15, -0.1) is 0 Å². The molecule has 0 fully saturated rings. The quantitative estimate of drug-likeness (QED) is 0.563. The van der Waals surface area contributed by atoms with E-state index < -0.39 is 5.91 Å². The molecule has 0 saturated carbocycles. The number of hydrogen-bond donors (Lipinski definition) is 0. The van der Waals surface area contributed by atoms with Gasteiger partial charge in [-0.1, -0.05) is 13.8 Å². The first-order chi connectivity index (χ1) is 4.70. The van der Waals surface area contributed by atoms with Crippen molar-refractivity contribution in [2.75, 3.05) is 19.6 Å². The molecule has 10 heavy (non-hydrogen) atoms. The molecule has 0 unspecified atom stereocenters. The Labute approximate surface area is 62.2 Å². The molecule has 3 heteroatoms. The summed E-state index contributed by atoms with van der Waals surface area (Å²) in [6.07, 6.45) is 0.363. The van der Waals surface area contributed by atoms with Crippen molar-refractivity contribution >= 4 is 5.91 Å². The normalized spacial score (nSPS) is 10.3. The predicted molar refractivity (Wildman–Crippen MR) is 40.5 cm³/mol. The molecule has 0 aliphatic rings. The van der Waals surface area contributed by atoms with E-state index in [4.69, 9.17) is 5.73 Å². The third-order valence-electron chi connectivity index (χ3n) is 1.55. The minimum Gasteiger partial charge on any atom is -0.303 e. The van der Waals surface area contributed by atoms with Crippen molar-refractivity contribution in [2.24, 2.45) is 0 Å². The molecule has 0 rings (SSSR count). The summed E-state index contributed by atoms with van der Waals surface area (Å²) in [6.45, 7) is 6.76. The summed E-state index contributed by atoms with van der Waals surface area (Å²) in [5.74, 6) is -0.466. The van der Waals surface area contributed by atoms with E-state index in [0.717, 1.165) is 19.6 Å². The molecule has 1 N–H and O–H groups in total. The lowest BCUT2D eigenvalue weighted by Crippen LogP contribution is -2.25. The first-order valence-corrected chi connectivity index (χ1v) is 3.67. The second kappa shape index (κ2) is 5.23. The predicted octanol–water partition coefficient (Wildman–Crippen LogP) is 0.528. The zero-order valence-electron chi connectivity index (χ0n) is 6.68. The van der Waals surface area contributed by atoms with Gasteiger partial charge in [0.15, 0.2) is 0 Å². The van der Waals surface area contributed by atoms with E-state index in [1.54, 1.807) is 0 Å². The maximum atomic E-state index is 10.2. The van der Waals surface area contributed by atoms with Crippen LogP contribution in [0.15, 0.2) is 0 Å². The molecule has 0 aliphatic carbocycles. The van der Waals surface area contributed by atoms with Crippen molar-refractivity contribution in [1.82, 2.24) is 10.6 Å². The van der Waals surface area contributed by atoms with Gasteiger partial charge in [-0.2, -0.15) is 0 Å². The van der Waals surface area contributed by atoms with E-state index in [9.17, 15) is 4.79 Å². The summed E-state index contributed by atoms with van der Waals surface area (Å²) < 4.78 is 0. The first kappa shape index (κ1) is 9.43. The molecule has 0 atom stereocenters. The van der Waals surface area contributed by atoms with Gasteiger partial charge in [0.1, 0.15) is 0 Å². The van der Waals surface area contributed by atoms with Crippen LogP contribution in [0.1, 0.15) is 20.3 Å². The standard InChI is InChI=1S/C7H15N2O/c1-3-9(4-2)6-5-7(8)10/h8H,3-6H2,1-2H3. The molecular formula is C7H15N2O. The molecule has 0 aliphatic heterocycles. The average Bonchev–Trinajstić information content (AvgIpc) is 1.90. The van der Waals surface area contributed by atoms with Crippen LogP contribution in [-0.4, -0.2) is 30.4 Å². The van der Waals surface area contributed by atoms with E-state index in [2.05, 4.69) is 18.7 Å². The van der Waals surface area contributed by atoms with Crippen LogP contribution in [0.5, 0.6) is 0 Å². The van der Waals surface area contributed by atoms with Gasteiger partial charge >= 0.3 is 0 Å². The van der Waals surface area contributed by atoms with Gasteiger partial charge < -0.3 is 4.90 Å². The number of nitrogens with zero attached hydrogens (tertiary/aromatic N) is 1. The van der Waals surface area contributed by atoms with E-state index in [0.29, 0.717) is 6.42 Å². The van der Waals surface area contributed by atoms with Gasteiger partial charge in [0.25, 0.3) is 0 Å². The number of amides is 1. The van der Waals surface area contributed by atoms with Crippen LogP contribution >= 0.6 is 0 Å². The molecule has 0 bridgehead atoms. The highest BCUT2D eigenvalue weighted by Crippen LogP contribution is 1.89. The van der Waals surface area contributed by atoms with Gasteiger partial charge in [0.2, 0.25) is 5.91 Å². The molecular weight excluding hydrogens is 128 g/mol. The van der Waals surface area contributed by atoms with E-state index in [-0.39, 0.29) is 0 Å². The molecule has 0 aromatic carbocycles. The minimum absolute atomic E-state index is 0.363. The monoisotopic (exact) mass is 143 g/mol.